The molecule has 176 valence electrons. The van der Waals surface area contributed by atoms with E-state index in [9.17, 15) is 14.0 Å². The van der Waals surface area contributed by atoms with Crippen molar-refractivity contribution >= 4 is 34.8 Å². The Labute approximate surface area is 198 Å². The molecular formula is C21H23FN10O2. The molecule has 13 heteroatoms. The van der Waals surface area contributed by atoms with E-state index < -0.39 is 30.9 Å². The zero-order valence-corrected chi connectivity index (χ0v) is 18.5. The molecule has 2 amide bonds. The first kappa shape index (κ1) is 18.3. The second kappa shape index (κ2) is 8.01. The molecule has 0 aromatic carbocycles. The number of anilines is 4. The van der Waals surface area contributed by atoms with Gasteiger partial charge in [-0.2, -0.15) is 15.0 Å². The first-order valence-corrected chi connectivity index (χ1v) is 10.5. The normalized spacial score (nSPS) is 21.9. The number of aromatic nitrogens is 6. The average Bonchev–Trinajstić information content (AvgIpc) is 3.42. The number of alkyl halides is 1. The maximum Gasteiger partial charge on any atom is 0.273 e. The van der Waals surface area contributed by atoms with Gasteiger partial charge in [0.2, 0.25) is 5.91 Å². The van der Waals surface area contributed by atoms with Crippen LogP contribution in [0.2, 0.25) is 0 Å². The average molecular weight is 469 g/mol. The molecule has 34 heavy (non-hydrogen) atoms. The van der Waals surface area contributed by atoms with Gasteiger partial charge in [-0.05, 0) is 19.4 Å². The number of rotatable bonds is 5. The number of hydrogen-bond donors (Lipinski definition) is 3. The minimum Gasteiger partial charge on any atom is -0.363 e. The van der Waals surface area contributed by atoms with E-state index in [4.69, 9.17) is 4.11 Å². The number of hydrogen-bond acceptors (Lipinski definition) is 9. The zero-order chi connectivity index (χ0) is 26.6. The van der Waals surface area contributed by atoms with E-state index in [0.29, 0.717) is 17.2 Å². The molecule has 0 radical (unpaired) electrons. The third-order valence-corrected chi connectivity index (χ3v) is 5.92. The Kier molecular flexibility index (Phi) is 4.31. The predicted octanol–water partition coefficient (Wildman–Crippen LogP) is 1.58. The summed E-state index contributed by atoms with van der Waals surface area (Å²) in [5, 5.41) is 24.0. The second-order valence-corrected chi connectivity index (χ2v) is 8.18. The largest absolute Gasteiger partial charge is 0.363 e. The Morgan fingerprint density at radius 2 is 2.06 bits per heavy atom. The molecule has 2 aliphatic rings. The van der Waals surface area contributed by atoms with Crippen LogP contribution in [-0.2, 0) is 11.8 Å². The summed E-state index contributed by atoms with van der Waals surface area (Å²) in [5.74, 6) is -2.06. The quantitative estimate of drug-likeness (QED) is 0.507. The van der Waals surface area contributed by atoms with Crippen LogP contribution in [0.5, 0.6) is 0 Å². The summed E-state index contributed by atoms with van der Waals surface area (Å²) in [5.41, 5.74) is 2.56. The van der Waals surface area contributed by atoms with Crippen LogP contribution < -0.4 is 20.9 Å². The van der Waals surface area contributed by atoms with Crippen LogP contribution in [0.15, 0.2) is 18.3 Å². The Hall–Kier alpha value is -4.16. The molecule has 1 fully saturated rings. The number of nitrogens with zero attached hydrogens (tertiary/aromatic N) is 7. The van der Waals surface area contributed by atoms with Crippen LogP contribution >= 0.6 is 0 Å². The number of fused-ring (bicyclic) bond motifs is 3. The van der Waals surface area contributed by atoms with Gasteiger partial charge in [-0.3, -0.25) is 9.59 Å². The van der Waals surface area contributed by atoms with Gasteiger partial charge in [0.05, 0.1) is 23.3 Å². The minimum absolute atomic E-state index is 0.0338. The Bertz CT molecular complexity index is 1410. The lowest BCUT2D eigenvalue weighted by Gasteiger charge is -2.33. The zero-order valence-electron chi connectivity index (χ0n) is 21.5. The van der Waals surface area contributed by atoms with Crippen molar-refractivity contribution in [3.63, 3.8) is 0 Å². The number of aryl methyl sites for hydroxylation is 1. The molecule has 0 bridgehead atoms. The summed E-state index contributed by atoms with van der Waals surface area (Å²) in [6, 6.07) is 2.95. The molecule has 3 aromatic heterocycles. The maximum absolute atomic E-state index is 13.3. The first-order chi connectivity index (χ1) is 17.4. The van der Waals surface area contributed by atoms with Crippen LogP contribution in [0, 0.1) is 5.92 Å². The first-order valence-electron chi connectivity index (χ1n) is 12.0. The Morgan fingerprint density at radius 1 is 1.26 bits per heavy atom. The predicted molar refractivity (Wildman–Crippen MR) is 121 cm³/mol. The van der Waals surface area contributed by atoms with E-state index in [1.54, 1.807) is 19.3 Å². The van der Waals surface area contributed by atoms with Crippen molar-refractivity contribution in [3.05, 3.63) is 29.7 Å². The number of pyridine rings is 1. The Morgan fingerprint density at radius 3 is 2.79 bits per heavy atom. The lowest BCUT2D eigenvalue weighted by Crippen LogP contribution is -2.28. The molecule has 1 aliphatic heterocycles. The summed E-state index contributed by atoms with van der Waals surface area (Å²) in [6.45, 7) is -0.812. The number of halogens is 1. The summed E-state index contributed by atoms with van der Waals surface area (Å²) in [7, 11) is 3.59. The molecular weight excluding hydrogens is 443 g/mol. The smallest absolute Gasteiger partial charge is 0.273 e. The highest BCUT2D eigenvalue weighted by Crippen LogP contribution is 2.45. The Balaban J connectivity index is 1.55. The third kappa shape index (κ3) is 3.58. The van der Waals surface area contributed by atoms with E-state index in [2.05, 4.69) is 36.0 Å². The highest BCUT2D eigenvalue weighted by Gasteiger charge is 2.44. The molecule has 0 saturated heterocycles. The van der Waals surface area contributed by atoms with Gasteiger partial charge >= 0.3 is 0 Å². The summed E-state index contributed by atoms with van der Waals surface area (Å²) < 4.78 is 35.4. The van der Waals surface area contributed by atoms with E-state index in [-0.39, 0.29) is 29.7 Å². The van der Waals surface area contributed by atoms with Crippen LogP contribution in [0.3, 0.4) is 0 Å². The van der Waals surface area contributed by atoms with Gasteiger partial charge in [0.25, 0.3) is 5.91 Å². The summed E-state index contributed by atoms with van der Waals surface area (Å²) in [4.78, 5) is 32.8. The van der Waals surface area contributed by atoms with Crippen LogP contribution in [-0.4, -0.2) is 62.2 Å². The van der Waals surface area contributed by atoms with Crippen molar-refractivity contribution in [1.82, 2.24) is 35.5 Å². The molecule has 3 N–H and O–H groups in total. The lowest BCUT2D eigenvalue weighted by atomic mass is 9.99. The van der Waals surface area contributed by atoms with E-state index in [1.807, 2.05) is 24.2 Å². The van der Waals surface area contributed by atoms with Crippen molar-refractivity contribution in [2.75, 3.05) is 29.6 Å². The molecule has 5 rings (SSSR count). The van der Waals surface area contributed by atoms with Gasteiger partial charge < -0.3 is 20.9 Å². The summed E-state index contributed by atoms with van der Waals surface area (Å²) >= 11 is 0. The second-order valence-electron chi connectivity index (χ2n) is 8.18. The fourth-order valence-electron chi connectivity index (χ4n) is 3.92. The van der Waals surface area contributed by atoms with E-state index in [1.165, 1.54) is 10.9 Å². The van der Waals surface area contributed by atoms with E-state index >= 15 is 0 Å². The monoisotopic (exact) mass is 469 g/mol. The van der Waals surface area contributed by atoms with Crippen LogP contribution in [0.25, 0.3) is 11.3 Å². The molecule has 3 atom stereocenters. The van der Waals surface area contributed by atoms with Gasteiger partial charge in [-0.15, -0.1) is 10.2 Å². The van der Waals surface area contributed by atoms with Gasteiger partial charge in [0.15, 0.2) is 17.3 Å². The molecule has 3 aromatic rings. The molecule has 0 unspecified atom stereocenters. The van der Waals surface area contributed by atoms with Gasteiger partial charge in [0.1, 0.15) is 17.6 Å². The highest BCUT2D eigenvalue weighted by molar-refractivity contribution is 6.00. The summed E-state index contributed by atoms with van der Waals surface area (Å²) in [6.07, 6.45) is 0.467. The number of nitrogens with one attached hydrogen (secondary N) is 3. The molecule has 12 nitrogen and oxygen atoms in total. The fraction of sp³-hybridized carbons (Fsp3) is 0.381. The topological polar surface area (TPSA) is 143 Å². The number of carbonyl (C=O) groups excluding carboxylic acids is 2. The SMILES string of the molecule is [2H]C([2H])([2H])NC(=O)c1nnc(NC(=O)[C@@H]2C[C@@H]2F)cc1Nc1nccc2c1N(C)[C@H](C)c1nn(C)nc1-2. The van der Waals surface area contributed by atoms with Crippen molar-refractivity contribution in [2.24, 2.45) is 13.0 Å². The fourth-order valence-corrected chi connectivity index (χ4v) is 3.92. The van der Waals surface area contributed by atoms with Crippen molar-refractivity contribution < 1.29 is 18.1 Å². The van der Waals surface area contributed by atoms with Gasteiger partial charge in [-0.25, -0.2) is 9.37 Å². The lowest BCUT2D eigenvalue weighted by molar-refractivity contribution is -0.117. The van der Waals surface area contributed by atoms with Crippen molar-refractivity contribution in [1.29, 1.82) is 0 Å². The van der Waals surface area contributed by atoms with Crippen molar-refractivity contribution in [3.8, 4) is 11.3 Å². The molecule has 1 aliphatic carbocycles. The van der Waals surface area contributed by atoms with Gasteiger partial charge in [0, 0.05) is 43.0 Å². The number of amides is 2. The standard InChI is InChI=1S/C21H23FN10O2/c1-9-15-16(30-32(4)29-15)10-5-6-24-19(18(10)31(9)3)25-13-8-14(26-20(33)11-7-12(11)22)27-28-17(13)21(34)23-2/h5-6,8-9,11-12H,7H2,1-4H3,(H,23,34)(H2,24,25,26,27,33)/t9-,11-,12+/m1/s1/i2D3. The number of carbonyl (C=O) groups is 2. The van der Waals surface area contributed by atoms with Gasteiger partial charge in [-0.1, -0.05) is 0 Å². The third-order valence-electron chi connectivity index (χ3n) is 5.92. The molecule has 4 heterocycles. The van der Waals surface area contributed by atoms with Crippen LogP contribution in [0.1, 0.15) is 39.7 Å². The molecule has 0 spiro atoms. The molecule has 1 saturated carbocycles. The highest BCUT2D eigenvalue weighted by atomic mass is 19.1. The van der Waals surface area contributed by atoms with Crippen molar-refractivity contribution in [2.45, 2.75) is 25.6 Å². The van der Waals surface area contributed by atoms with Crippen LogP contribution in [0.4, 0.5) is 27.4 Å². The minimum atomic E-state index is -2.77. The van der Waals surface area contributed by atoms with E-state index in [0.717, 1.165) is 11.3 Å². The maximum atomic E-state index is 13.3.